The Bertz CT molecular complexity index is 540. The van der Waals surface area contributed by atoms with Gasteiger partial charge in [0.2, 0.25) is 0 Å². The largest absolute Gasteiger partial charge is 0.355 e. The van der Waals surface area contributed by atoms with Gasteiger partial charge in [-0.2, -0.15) is 0 Å². The van der Waals surface area contributed by atoms with Crippen LogP contribution in [0, 0.1) is 6.92 Å². The molecule has 1 aliphatic heterocycles. The molecular weight excluding hydrogens is 425 g/mol. The smallest absolute Gasteiger partial charge is 0.193 e. The molecule has 1 saturated heterocycles. The van der Waals surface area contributed by atoms with Gasteiger partial charge in [-0.3, -0.25) is 9.89 Å². The Morgan fingerprint density at radius 3 is 2.48 bits per heavy atom. The highest BCUT2D eigenvalue weighted by molar-refractivity contribution is 14.0. The first-order chi connectivity index (χ1) is 11.5. The van der Waals surface area contributed by atoms with Crippen LogP contribution in [-0.4, -0.2) is 80.6 Å². The van der Waals surface area contributed by atoms with Crippen molar-refractivity contribution in [1.82, 2.24) is 20.0 Å². The monoisotopic (exact) mass is 459 g/mol. The van der Waals surface area contributed by atoms with E-state index in [-0.39, 0.29) is 24.0 Å². The Morgan fingerprint density at radius 1 is 1.24 bits per heavy atom. The summed E-state index contributed by atoms with van der Waals surface area (Å²) in [7, 11) is 6.15. The zero-order chi connectivity index (χ0) is 17.5. The van der Waals surface area contributed by atoms with E-state index in [0.717, 1.165) is 45.2 Å². The maximum atomic E-state index is 4.45. The zero-order valence-corrected chi connectivity index (χ0v) is 18.7. The molecule has 142 valence electrons. The topological polar surface area (TPSA) is 34.1 Å². The zero-order valence-electron chi connectivity index (χ0n) is 16.3. The van der Waals surface area contributed by atoms with E-state index in [4.69, 9.17) is 0 Å². The number of halogens is 1. The third-order valence-electron chi connectivity index (χ3n) is 4.96. The number of guanidine groups is 1. The fraction of sp³-hybridized carbons (Fsp3) is 0.632. The minimum Gasteiger partial charge on any atom is -0.355 e. The molecule has 1 aromatic rings. The third-order valence-corrected chi connectivity index (χ3v) is 4.96. The lowest BCUT2D eigenvalue weighted by atomic mass is 10.1. The molecule has 1 heterocycles. The van der Waals surface area contributed by atoms with Crippen LogP contribution in [0.25, 0.3) is 0 Å². The van der Waals surface area contributed by atoms with E-state index in [1.807, 2.05) is 7.05 Å². The molecule has 0 radical (unpaired) electrons. The van der Waals surface area contributed by atoms with Crippen molar-refractivity contribution in [3.63, 3.8) is 0 Å². The molecule has 0 spiro atoms. The van der Waals surface area contributed by atoms with Gasteiger partial charge >= 0.3 is 0 Å². The van der Waals surface area contributed by atoms with Gasteiger partial charge in [0, 0.05) is 59.4 Å². The van der Waals surface area contributed by atoms with Crippen molar-refractivity contribution in [2.45, 2.75) is 26.4 Å². The molecule has 1 atom stereocenters. The summed E-state index contributed by atoms with van der Waals surface area (Å²) in [6.07, 6.45) is 0. The van der Waals surface area contributed by atoms with E-state index in [2.05, 4.69) is 77.2 Å². The second kappa shape index (κ2) is 11.0. The first-order valence-corrected chi connectivity index (χ1v) is 8.90. The van der Waals surface area contributed by atoms with Gasteiger partial charge in [0.1, 0.15) is 0 Å². The van der Waals surface area contributed by atoms with Crippen LogP contribution < -0.4 is 5.32 Å². The molecule has 0 saturated carbocycles. The summed E-state index contributed by atoms with van der Waals surface area (Å²) in [5.41, 5.74) is 2.67. The van der Waals surface area contributed by atoms with Crippen LogP contribution >= 0.6 is 24.0 Å². The van der Waals surface area contributed by atoms with Crippen molar-refractivity contribution in [3.8, 4) is 0 Å². The highest BCUT2D eigenvalue weighted by Gasteiger charge is 2.19. The lowest BCUT2D eigenvalue weighted by molar-refractivity contribution is 0.119. The summed E-state index contributed by atoms with van der Waals surface area (Å²) in [5.74, 6) is 0.958. The molecule has 0 amide bonds. The van der Waals surface area contributed by atoms with Crippen molar-refractivity contribution >= 4 is 29.9 Å². The molecule has 1 fully saturated rings. The predicted molar refractivity (Wildman–Crippen MR) is 118 cm³/mol. The van der Waals surface area contributed by atoms with Crippen LogP contribution in [0.2, 0.25) is 0 Å². The van der Waals surface area contributed by atoms with Crippen LogP contribution in [0.15, 0.2) is 29.3 Å². The van der Waals surface area contributed by atoms with Crippen LogP contribution in [0.4, 0.5) is 0 Å². The molecule has 0 aromatic heterocycles. The van der Waals surface area contributed by atoms with Crippen LogP contribution in [-0.2, 0) is 6.54 Å². The van der Waals surface area contributed by atoms with E-state index >= 15 is 0 Å². The highest BCUT2D eigenvalue weighted by Crippen LogP contribution is 2.10. The first kappa shape index (κ1) is 22.2. The summed E-state index contributed by atoms with van der Waals surface area (Å²) in [5, 5.41) is 3.54. The molecule has 1 N–H and O–H groups in total. The maximum Gasteiger partial charge on any atom is 0.193 e. The van der Waals surface area contributed by atoms with E-state index in [0.29, 0.717) is 6.04 Å². The second-order valence-corrected chi connectivity index (χ2v) is 6.90. The minimum atomic E-state index is 0. The van der Waals surface area contributed by atoms with E-state index in [1.165, 1.54) is 11.1 Å². The normalized spacial score (nSPS) is 17.7. The lowest BCUT2D eigenvalue weighted by Crippen LogP contribution is -2.52. The number of piperazine rings is 1. The molecular formula is C19H34IN5. The average Bonchev–Trinajstić information content (AvgIpc) is 2.58. The van der Waals surface area contributed by atoms with E-state index in [9.17, 15) is 0 Å². The highest BCUT2D eigenvalue weighted by atomic mass is 127. The Balaban J connectivity index is 0.00000312. The second-order valence-electron chi connectivity index (χ2n) is 6.90. The summed E-state index contributed by atoms with van der Waals surface area (Å²) < 4.78 is 0. The van der Waals surface area contributed by atoms with Gasteiger partial charge in [0.15, 0.2) is 5.96 Å². The van der Waals surface area contributed by atoms with Crippen molar-refractivity contribution in [2.75, 3.05) is 53.9 Å². The summed E-state index contributed by atoms with van der Waals surface area (Å²) in [6.45, 7) is 10.9. The van der Waals surface area contributed by atoms with E-state index in [1.54, 1.807) is 0 Å². The number of nitrogens with zero attached hydrogens (tertiary/aromatic N) is 4. The predicted octanol–water partition coefficient (Wildman–Crippen LogP) is 2.26. The van der Waals surface area contributed by atoms with Crippen LogP contribution in [0.5, 0.6) is 0 Å². The molecule has 25 heavy (non-hydrogen) atoms. The summed E-state index contributed by atoms with van der Waals surface area (Å²) in [6, 6.07) is 9.05. The molecule has 1 aromatic carbocycles. The van der Waals surface area contributed by atoms with Gasteiger partial charge in [-0.15, -0.1) is 24.0 Å². The Morgan fingerprint density at radius 2 is 1.88 bits per heavy atom. The number of hydrogen-bond donors (Lipinski definition) is 1. The molecule has 5 nitrogen and oxygen atoms in total. The van der Waals surface area contributed by atoms with Gasteiger partial charge in [0.05, 0.1) is 0 Å². The minimum absolute atomic E-state index is 0. The Hall–Kier alpha value is -0.860. The van der Waals surface area contributed by atoms with Gasteiger partial charge in [-0.05, 0) is 32.0 Å². The maximum absolute atomic E-state index is 4.45. The number of rotatable bonds is 5. The Labute approximate surface area is 170 Å². The van der Waals surface area contributed by atoms with Gasteiger partial charge in [-0.1, -0.05) is 24.3 Å². The fourth-order valence-corrected chi connectivity index (χ4v) is 3.13. The quantitative estimate of drug-likeness (QED) is 0.416. The molecule has 1 unspecified atom stereocenters. The lowest BCUT2D eigenvalue weighted by Gasteiger charge is -2.37. The van der Waals surface area contributed by atoms with E-state index < -0.39 is 0 Å². The van der Waals surface area contributed by atoms with Crippen LogP contribution in [0.3, 0.4) is 0 Å². The van der Waals surface area contributed by atoms with Crippen molar-refractivity contribution in [2.24, 2.45) is 4.99 Å². The molecule has 0 bridgehead atoms. The van der Waals surface area contributed by atoms with Gasteiger partial charge in [0.25, 0.3) is 0 Å². The molecule has 0 aliphatic carbocycles. The molecule has 1 aliphatic rings. The Kier molecular flexibility index (Phi) is 9.74. The SMILES string of the molecule is CN=C(NCC(C)N1CCN(C)CC1)N(C)Cc1ccccc1C.I. The number of aryl methyl sites for hydroxylation is 1. The van der Waals surface area contributed by atoms with Crippen molar-refractivity contribution < 1.29 is 0 Å². The standard InChI is InChI=1S/C19H33N5.HI/c1-16-8-6-7-9-18(16)15-23(5)19(20-3)21-14-17(2)24-12-10-22(4)11-13-24;/h6-9,17H,10-15H2,1-5H3,(H,20,21);1H. The fourth-order valence-electron chi connectivity index (χ4n) is 3.13. The number of nitrogens with one attached hydrogen (secondary N) is 1. The van der Waals surface area contributed by atoms with Crippen LogP contribution in [0.1, 0.15) is 18.1 Å². The van der Waals surface area contributed by atoms with Gasteiger partial charge in [-0.25, -0.2) is 0 Å². The first-order valence-electron chi connectivity index (χ1n) is 8.90. The number of hydrogen-bond acceptors (Lipinski definition) is 3. The van der Waals surface area contributed by atoms with Crippen molar-refractivity contribution in [1.29, 1.82) is 0 Å². The summed E-state index contributed by atoms with van der Waals surface area (Å²) in [4.78, 5) is 11.6. The average molecular weight is 459 g/mol. The molecule has 2 rings (SSSR count). The molecule has 6 heteroatoms. The number of benzene rings is 1. The number of aliphatic imine (C=N–C) groups is 1. The summed E-state index contributed by atoms with van der Waals surface area (Å²) >= 11 is 0. The number of likely N-dealkylation sites (N-methyl/N-ethyl adjacent to an activating group) is 1. The third kappa shape index (κ3) is 6.75. The van der Waals surface area contributed by atoms with Crippen molar-refractivity contribution in [3.05, 3.63) is 35.4 Å². The van der Waals surface area contributed by atoms with Gasteiger partial charge < -0.3 is 15.1 Å².